The van der Waals surface area contributed by atoms with Crippen LogP contribution in [0.25, 0.3) is 27.1 Å². The third-order valence-electron chi connectivity index (χ3n) is 14.2. The van der Waals surface area contributed by atoms with E-state index in [2.05, 4.69) is 17.2 Å². The highest BCUT2D eigenvalue weighted by molar-refractivity contribution is 7.87. The number of benzene rings is 5. The molecule has 0 fully saturated rings. The molecule has 0 spiro atoms. The van der Waals surface area contributed by atoms with Gasteiger partial charge in [-0.25, -0.2) is 0 Å². The lowest BCUT2D eigenvalue weighted by Gasteiger charge is -2.27. The molecule has 442 valence electrons. The molecule has 1 amide bonds. The van der Waals surface area contributed by atoms with Crippen LogP contribution in [0.5, 0.6) is 0 Å². The normalized spacial score (nSPS) is 16.4. The van der Waals surface area contributed by atoms with Crippen molar-refractivity contribution in [3.05, 3.63) is 137 Å². The van der Waals surface area contributed by atoms with Crippen LogP contribution >= 0.6 is 0 Å². The molecule has 23 nitrogen and oxygen atoms in total. The Morgan fingerprint density at radius 2 is 1.17 bits per heavy atom. The number of allylic oxidation sites excluding steroid dienone is 6. The van der Waals surface area contributed by atoms with Crippen molar-refractivity contribution in [1.82, 2.24) is 10.6 Å². The van der Waals surface area contributed by atoms with Gasteiger partial charge in [0.1, 0.15) is 16.3 Å². The van der Waals surface area contributed by atoms with Crippen molar-refractivity contribution in [2.24, 2.45) is 0 Å². The van der Waals surface area contributed by atoms with E-state index in [-0.39, 0.29) is 53.4 Å². The van der Waals surface area contributed by atoms with Crippen molar-refractivity contribution in [3.63, 3.8) is 0 Å². The van der Waals surface area contributed by atoms with Gasteiger partial charge in [0.25, 0.3) is 60.7 Å². The Kier molecular flexibility index (Phi) is 18.0. The second kappa shape index (κ2) is 23.2. The molecule has 0 bridgehead atoms. The van der Waals surface area contributed by atoms with E-state index in [0.29, 0.717) is 88.8 Å². The average molecular weight is 1250 g/mol. The van der Waals surface area contributed by atoms with E-state index in [1.54, 1.807) is 68.4 Å². The number of hydrogen-bond donors (Lipinski definition) is 8. The summed E-state index contributed by atoms with van der Waals surface area (Å²) in [4.78, 5) is 10.3. The van der Waals surface area contributed by atoms with Crippen LogP contribution in [0.4, 0.5) is 11.4 Å². The molecule has 82 heavy (non-hydrogen) atoms. The monoisotopic (exact) mass is 1250 g/mol. The average Bonchev–Trinajstić information content (AvgIpc) is 3.94. The van der Waals surface area contributed by atoms with Crippen LogP contribution < -0.4 is 15.5 Å². The van der Waals surface area contributed by atoms with Gasteiger partial charge in [-0.3, -0.25) is 32.1 Å². The molecule has 5 aromatic rings. The maximum absolute atomic E-state index is 12.8. The fourth-order valence-electron chi connectivity index (χ4n) is 10.5. The van der Waals surface area contributed by atoms with E-state index in [1.165, 1.54) is 24.3 Å². The van der Waals surface area contributed by atoms with Crippen LogP contribution in [-0.4, -0.2) is 132 Å². The smallest absolute Gasteiger partial charge is 0.295 e. The van der Waals surface area contributed by atoms with Gasteiger partial charge in [-0.1, -0.05) is 56.8 Å². The van der Waals surface area contributed by atoms with Crippen molar-refractivity contribution in [3.8, 4) is 0 Å². The number of nitrogens with zero attached hydrogens (tertiary/aromatic N) is 2. The molecule has 0 radical (unpaired) electrons. The zero-order chi connectivity index (χ0) is 60.9. The molecule has 0 saturated heterocycles. The first kappa shape index (κ1) is 63.5. The highest BCUT2D eigenvalue weighted by Crippen LogP contribution is 2.52. The Morgan fingerprint density at radius 3 is 1.70 bits per heavy atom. The van der Waals surface area contributed by atoms with Gasteiger partial charge in [-0.2, -0.15) is 55.1 Å². The Hall–Kier alpha value is -6.06. The van der Waals surface area contributed by atoms with Crippen LogP contribution in [0.15, 0.2) is 135 Å². The zero-order valence-electron chi connectivity index (χ0n) is 44.9. The molecule has 0 aromatic heterocycles. The zero-order valence-corrected chi connectivity index (χ0v) is 49.7. The van der Waals surface area contributed by atoms with Gasteiger partial charge in [-0.15, -0.1) is 0 Å². The number of hydrogen-bond acceptors (Lipinski definition) is 15. The molecule has 2 heterocycles. The van der Waals surface area contributed by atoms with Gasteiger partial charge in [0.2, 0.25) is 11.6 Å². The number of anilines is 1. The summed E-state index contributed by atoms with van der Waals surface area (Å²) in [6.45, 7) is 13.3. The van der Waals surface area contributed by atoms with E-state index in [4.69, 9.17) is 0 Å². The van der Waals surface area contributed by atoms with Gasteiger partial charge < -0.3 is 15.5 Å². The molecule has 8 N–H and O–H groups in total. The van der Waals surface area contributed by atoms with Gasteiger partial charge in [0, 0.05) is 76.9 Å². The van der Waals surface area contributed by atoms with Gasteiger partial charge in [-0.05, 0) is 122 Å². The van der Waals surface area contributed by atoms with Gasteiger partial charge >= 0.3 is 0 Å². The molecule has 2 aliphatic rings. The van der Waals surface area contributed by atoms with Crippen LogP contribution in [0, 0.1) is 0 Å². The van der Waals surface area contributed by atoms with Crippen molar-refractivity contribution < 1.29 is 87.2 Å². The standard InChI is InChI=1S/C53H60N4O19S6/c1-33(2)51(58)55-23-7-22-54-32-34-10-12-35(13-11-34)36(14-20-47-52(3,4)49-41-28-37(79(65,66)67)30-45(81(71,72)73)39(41)16-18-43(49)56(47)24-8-26-77(59,60)61)15-21-48-53(5,6)50-42-29-38(80(68,69)70)31-46(82(74,75)76)40(42)17-19-44(50)57(48)25-9-27-78(62,63)64/h10-21,28-31,54H,1,7-9,22-27,32H2,2-6H3,(H6-,55,58,59,60,61,62,63,64,65,66,67,68,69,70,71,72,73,74,75,76)/p+1. The molecular weight excluding hydrogens is 1190 g/mol. The molecule has 29 heteroatoms. The summed E-state index contributed by atoms with van der Waals surface area (Å²) >= 11 is 0. The molecule has 5 aromatic carbocycles. The molecule has 0 unspecified atom stereocenters. The lowest BCUT2D eigenvalue weighted by Crippen LogP contribution is -2.28. The summed E-state index contributed by atoms with van der Waals surface area (Å²) in [6, 6.07) is 16.3. The van der Waals surface area contributed by atoms with E-state index in [0.717, 1.165) is 17.7 Å². The Balaban J connectivity index is 1.44. The van der Waals surface area contributed by atoms with Crippen LogP contribution in [0.3, 0.4) is 0 Å². The maximum Gasteiger partial charge on any atom is 0.295 e. The van der Waals surface area contributed by atoms with Crippen LogP contribution in [0.1, 0.15) is 76.1 Å². The largest absolute Gasteiger partial charge is 0.352 e. The molecule has 0 atom stereocenters. The first-order valence-corrected chi connectivity index (χ1v) is 34.0. The van der Waals surface area contributed by atoms with Crippen molar-refractivity contribution in [2.75, 3.05) is 42.6 Å². The third-order valence-corrected chi connectivity index (χ3v) is 19.2. The Bertz CT molecular complexity index is 4320. The second-order valence-electron chi connectivity index (χ2n) is 20.8. The first-order valence-electron chi connectivity index (χ1n) is 25.0. The third kappa shape index (κ3) is 14.1. The van der Waals surface area contributed by atoms with Crippen LogP contribution in [0.2, 0.25) is 0 Å². The summed E-state index contributed by atoms with van der Waals surface area (Å²) in [5, 5.41) is 5.86. The minimum atomic E-state index is -5.12. The topological polar surface area (TPSA) is 374 Å². The SMILES string of the molecule is C=C(C)C(=O)NCCCNCc1ccc(C(C=CC2=[N+](CCCS(=O)(=O)O)c3ccc4c(S(=O)(=O)O)cc(S(=O)(=O)O)cc4c3C2(C)C)=CC=C2N(CCCS(=O)(=O)O)c3ccc4c(S(=O)(=O)O)cc(S(=O)(=O)O)cc4c3C2(C)C)cc1. The van der Waals surface area contributed by atoms with Crippen molar-refractivity contribution >= 4 is 111 Å². The van der Waals surface area contributed by atoms with E-state index < -0.39 is 103 Å². The number of carbonyl (C=O) groups excluding carboxylic acids is 1. The summed E-state index contributed by atoms with van der Waals surface area (Å²) in [7, 11) is -29.4. The van der Waals surface area contributed by atoms with E-state index in [9.17, 15) is 82.6 Å². The highest BCUT2D eigenvalue weighted by atomic mass is 32.2. The molecular formula is C53H61N4O19S6+. The molecule has 7 rings (SSSR count). The summed E-state index contributed by atoms with van der Waals surface area (Å²) in [5.74, 6) is -1.62. The molecule has 0 saturated carbocycles. The number of rotatable bonds is 23. The maximum atomic E-state index is 12.8. The molecule has 2 aliphatic heterocycles. The predicted molar refractivity (Wildman–Crippen MR) is 308 cm³/mol. The minimum Gasteiger partial charge on any atom is -0.352 e. The highest BCUT2D eigenvalue weighted by Gasteiger charge is 2.47. The Morgan fingerprint density at radius 1 is 0.634 bits per heavy atom. The Labute approximate surface area is 476 Å². The predicted octanol–water partition coefficient (Wildman–Crippen LogP) is 6.41. The van der Waals surface area contributed by atoms with Crippen molar-refractivity contribution in [2.45, 2.75) is 90.8 Å². The fourth-order valence-corrected chi connectivity index (χ4v) is 14.2. The van der Waals surface area contributed by atoms with E-state index >= 15 is 0 Å². The van der Waals surface area contributed by atoms with Gasteiger partial charge in [0.05, 0.1) is 26.7 Å². The van der Waals surface area contributed by atoms with Gasteiger partial charge in [0.15, 0.2) is 5.71 Å². The number of nitrogens with one attached hydrogen (secondary N) is 2. The van der Waals surface area contributed by atoms with Crippen molar-refractivity contribution in [1.29, 1.82) is 0 Å². The summed E-state index contributed by atoms with van der Waals surface area (Å²) in [6.07, 6.45) is 7.05. The quantitative estimate of drug-likeness (QED) is 0.0115. The summed E-state index contributed by atoms with van der Waals surface area (Å²) < 4.78 is 212. The number of carbonyl (C=O) groups is 1. The van der Waals surface area contributed by atoms with E-state index in [1.807, 2.05) is 24.3 Å². The second-order valence-corrected chi connectivity index (χ2v) is 29.6. The lowest BCUT2D eigenvalue weighted by atomic mass is 9.79. The summed E-state index contributed by atoms with van der Waals surface area (Å²) in [5.41, 5.74) is 1.93. The van der Waals surface area contributed by atoms with Crippen LogP contribution in [-0.2, 0) is 82.9 Å². The molecule has 0 aliphatic carbocycles. The first-order chi connectivity index (χ1) is 37.7. The minimum absolute atomic E-state index is 0.00759. The lowest BCUT2D eigenvalue weighted by molar-refractivity contribution is -0.437. The number of amides is 1. The number of fused-ring (bicyclic) bond motifs is 6. The fraction of sp³-hybridized carbons (Fsp3) is 0.321.